The number of aryl methyl sites for hydroxylation is 1. The van der Waals surface area contributed by atoms with Gasteiger partial charge in [-0.1, -0.05) is 6.07 Å². The Hall–Kier alpha value is -1.94. The van der Waals surface area contributed by atoms with Gasteiger partial charge in [0.25, 0.3) is 0 Å². The summed E-state index contributed by atoms with van der Waals surface area (Å²) in [6.07, 6.45) is 3.16. The average molecular weight is 232 g/mol. The Morgan fingerprint density at radius 1 is 1.29 bits per heavy atom. The quantitative estimate of drug-likeness (QED) is 0.885. The standard InChI is InChI=1S/C13H13FN2O/c1-9-2-3-11(14)12(6-9)17-13-8-16-5-4-10(13)7-15/h2-6,8H,7,15H2,1H3. The molecule has 0 aliphatic heterocycles. The van der Waals surface area contributed by atoms with Gasteiger partial charge >= 0.3 is 0 Å². The number of nitrogens with two attached hydrogens (primary N) is 1. The third-order valence-corrected chi connectivity index (χ3v) is 2.40. The molecule has 0 aliphatic carbocycles. The number of pyridine rings is 1. The van der Waals surface area contributed by atoms with E-state index in [1.165, 1.54) is 12.3 Å². The molecule has 0 atom stereocenters. The molecule has 1 heterocycles. The van der Waals surface area contributed by atoms with E-state index in [0.717, 1.165) is 11.1 Å². The fourth-order valence-corrected chi connectivity index (χ4v) is 1.48. The minimum Gasteiger partial charge on any atom is -0.452 e. The first kappa shape index (κ1) is 11.5. The minimum absolute atomic E-state index is 0.188. The number of halogens is 1. The van der Waals surface area contributed by atoms with E-state index in [4.69, 9.17) is 10.5 Å². The van der Waals surface area contributed by atoms with E-state index in [-0.39, 0.29) is 5.75 Å². The topological polar surface area (TPSA) is 48.1 Å². The zero-order valence-electron chi connectivity index (χ0n) is 9.48. The number of rotatable bonds is 3. The number of ether oxygens (including phenoxy) is 1. The molecular weight excluding hydrogens is 219 g/mol. The number of aromatic nitrogens is 1. The summed E-state index contributed by atoms with van der Waals surface area (Å²) in [5.74, 6) is 0.273. The molecule has 4 heteroatoms. The number of hydrogen-bond acceptors (Lipinski definition) is 3. The molecule has 0 aliphatic rings. The fraction of sp³-hybridized carbons (Fsp3) is 0.154. The molecule has 0 fully saturated rings. The summed E-state index contributed by atoms with van der Waals surface area (Å²) in [4.78, 5) is 3.94. The van der Waals surface area contributed by atoms with Crippen molar-refractivity contribution in [2.45, 2.75) is 13.5 Å². The maximum Gasteiger partial charge on any atom is 0.165 e. The van der Waals surface area contributed by atoms with E-state index < -0.39 is 5.82 Å². The van der Waals surface area contributed by atoms with Crippen molar-refractivity contribution >= 4 is 0 Å². The minimum atomic E-state index is -0.401. The monoisotopic (exact) mass is 232 g/mol. The SMILES string of the molecule is Cc1ccc(F)c(Oc2cnccc2CN)c1. The summed E-state index contributed by atoms with van der Waals surface area (Å²) in [6.45, 7) is 2.20. The van der Waals surface area contributed by atoms with Crippen molar-refractivity contribution in [1.29, 1.82) is 0 Å². The predicted octanol–water partition coefficient (Wildman–Crippen LogP) is 2.78. The molecule has 2 rings (SSSR count). The van der Waals surface area contributed by atoms with Crippen LogP contribution in [0, 0.1) is 12.7 Å². The van der Waals surface area contributed by atoms with Crippen molar-refractivity contribution in [3.63, 3.8) is 0 Å². The zero-order valence-corrected chi connectivity index (χ0v) is 9.48. The second-order valence-corrected chi connectivity index (χ2v) is 3.72. The number of hydrogen-bond donors (Lipinski definition) is 1. The lowest BCUT2D eigenvalue weighted by molar-refractivity contribution is 0.435. The van der Waals surface area contributed by atoms with E-state index >= 15 is 0 Å². The highest BCUT2D eigenvalue weighted by Crippen LogP contribution is 2.27. The van der Waals surface area contributed by atoms with Gasteiger partial charge in [0.15, 0.2) is 11.6 Å². The third-order valence-electron chi connectivity index (χ3n) is 2.40. The first-order valence-electron chi connectivity index (χ1n) is 5.27. The maximum absolute atomic E-state index is 13.5. The van der Waals surface area contributed by atoms with Crippen molar-refractivity contribution in [2.75, 3.05) is 0 Å². The highest BCUT2D eigenvalue weighted by Gasteiger charge is 2.08. The Balaban J connectivity index is 2.34. The van der Waals surface area contributed by atoms with Gasteiger partial charge in [0.2, 0.25) is 0 Å². The van der Waals surface area contributed by atoms with Crippen LogP contribution >= 0.6 is 0 Å². The van der Waals surface area contributed by atoms with Crippen LogP contribution in [0.2, 0.25) is 0 Å². The van der Waals surface area contributed by atoms with Crippen LogP contribution in [0.25, 0.3) is 0 Å². The Labute approximate surface area is 99.1 Å². The molecule has 3 nitrogen and oxygen atoms in total. The lowest BCUT2D eigenvalue weighted by atomic mass is 10.2. The van der Waals surface area contributed by atoms with E-state index in [0.29, 0.717) is 12.3 Å². The fourth-order valence-electron chi connectivity index (χ4n) is 1.48. The molecule has 0 saturated carbocycles. The molecule has 0 bridgehead atoms. The Morgan fingerprint density at radius 2 is 2.12 bits per heavy atom. The van der Waals surface area contributed by atoms with Gasteiger partial charge in [-0.25, -0.2) is 4.39 Å². The van der Waals surface area contributed by atoms with Crippen LogP contribution in [0.1, 0.15) is 11.1 Å². The molecule has 17 heavy (non-hydrogen) atoms. The Bertz CT molecular complexity index is 529. The number of nitrogens with zero attached hydrogens (tertiary/aromatic N) is 1. The Morgan fingerprint density at radius 3 is 2.88 bits per heavy atom. The van der Waals surface area contributed by atoms with E-state index in [9.17, 15) is 4.39 Å². The summed E-state index contributed by atoms with van der Waals surface area (Å²) >= 11 is 0. The summed E-state index contributed by atoms with van der Waals surface area (Å²) in [5.41, 5.74) is 7.29. The molecule has 1 aromatic heterocycles. The summed E-state index contributed by atoms with van der Waals surface area (Å²) in [7, 11) is 0. The molecule has 2 aromatic rings. The van der Waals surface area contributed by atoms with Crippen LogP contribution in [0.3, 0.4) is 0 Å². The van der Waals surface area contributed by atoms with Crippen LogP contribution in [0.15, 0.2) is 36.7 Å². The molecule has 0 saturated heterocycles. The van der Waals surface area contributed by atoms with Crippen molar-refractivity contribution in [3.8, 4) is 11.5 Å². The van der Waals surface area contributed by atoms with Crippen molar-refractivity contribution in [3.05, 3.63) is 53.6 Å². The van der Waals surface area contributed by atoms with Gasteiger partial charge in [-0.3, -0.25) is 4.98 Å². The molecule has 0 unspecified atom stereocenters. The normalized spacial score (nSPS) is 10.3. The third kappa shape index (κ3) is 2.60. The van der Waals surface area contributed by atoms with Crippen LogP contribution in [-0.2, 0) is 6.54 Å². The Kier molecular flexibility index (Phi) is 3.35. The largest absolute Gasteiger partial charge is 0.452 e. The average Bonchev–Trinajstić information content (AvgIpc) is 2.34. The second-order valence-electron chi connectivity index (χ2n) is 3.72. The predicted molar refractivity (Wildman–Crippen MR) is 63.3 cm³/mol. The van der Waals surface area contributed by atoms with Crippen molar-refractivity contribution < 1.29 is 9.13 Å². The first-order valence-corrected chi connectivity index (χ1v) is 5.27. The van der Waals surface area contributed by atoms with Crippen molar-refractivity contribution in [1.82, 2.24) is 4.98 Å². The lowest BCUT2D eigenvalue weighted by Crippen LogP contribution is -2.00. The summed E-state index contributed by atoms with van der Waals surface area (Å²) in [5, 5.41) is 0. The smallest absolute Gasteiger partial charge is 0.165 e. The van der Waals surface area contributed by atoms with Gasteiger partial charge in [-0.05, 0) is 30.7 Å². The zero-order chi connectivity index (χ0) is 12.3. The van der Waals surface area contributed by atoms with E-state index in [1.807, 2.05) is 6.92 Å². The van der Waals surface area contributed by atoms with Crippen LogP contribution < -0.4 is 10.5 Å². The van der Waals surface area contributed by atoms with Crippen LogP contribution in [-0.4, -0.2) is 4.98 Å². The summed E-state index contributed by atoms with van der Waals surface area (Å²) < 4.78 is 19.0. The molecule has 1 aromatic carbocycles. The highest BCUT2D eigenvalue weighted by molar-refractivity contribution is 5.37. The lowest BCUT2D eigenvalue weighted by Gasteiger charge is -2.10. The van der Waals surface area contributed by atoms with Crippen LogP contribution in [0.4, 0.5) is 4.39 Å². The van der Waals surface area contributed by atoms with Gasteiger partial charge in [-0.2, -0.15) is 0 Å². The molecule has 2 N–H and O–H groups in total. The second kappa shape index (κ2) is 4.93. The number of benzene rings is 1. The maximum atomic E-state index is 13.5. The van der Waals surface area contributed by atoms with Gasteiger partial charge in [0.05, 0.1) is 6.20 Å². The highest BCUT2D eigenvalue weighted by atomic mass is 19.1. The van der Waals surface area contributed by atoms with Crippen LogP contribution in [0.5, 0.6) is 11.5 Å². The van der Waals surface area contributed by atoms with Gasteiger partial charge in [0.1, 0.15) is 5.75 Å². The van der Waals surface area contributed by atoms with Gasteiger partial charge in [0, 0.05) is 18.3 Å². The van der Waals surface area contributed by atoms with E-state index in [2.05, 4.69) is 4.98 Å². The van der Waals surface area contributed by atoms with Crippen molar-refractivity contribution in [2.24, 2.45) is 5.73 Å². The van der Waals surface area contributed by atoms with Gasteiger partial charge in [-0.15, -0.1) is 0 Å². The van der Waals surface area contributed by atoms with Gasteiger partial charge < -0.3 is 10.5 Å². The molecule has 0 radical (unpaired) electrons. The molecule has 0 amide bonds. The molecular formula is C13H13FN2O. The summed E-state index contributed by atoms with van der Waals surface area (Å²) in [6, 6.07) is 6.46. The molecule has 88 valence electrons. The van der Waals surface area contributed by atoms with E-state index in [1.54, 1.807) is 24.4 Å². The molecule has 0 spiro atoms. The first-order chi connectivity index (χ1) is 8.20.